The second-order valence-corrected chi connectivity index (χ2v) is 9.65. The maximum absolute atomic E-state index is 11.8. The van der Waals surface area contributed by atoms with Crippen LogP contribution in [0.2, 0.25) is 0 Å². The summed E-state index contributed by atoms with van der Waals surface area (Å²) >= 11 is 0. The van der Waals surface area contributed by atoms with Gasteiger partial charge in [-0.15, -0.1) is 24.0 Å². The number of halogens is 1. The Labute approximate surface area is 187 Å². The van der Waals surface area contributed by atoms with E-state index in [0.29, 0.717) is 13.1 Å². The number of nitrogens with zero attached hydrogens (tertiary/aromatic N) is 2. The molecule has 8 heteroatoms. The molecule has 0 bridgehead atoms. The fourth-order valence-corrected chi connectivity index (χ4v) is 4.60. The summed E-state index contributed by atoms with van der Waals surface area (Å²) in [5.41, 5.74) is 1.57. The van der Waals surface area contributed by atoms with Gasteiger partial charge in [0.15, 0.2) is 5.96 Å². The second kappa shape index (κ2) is 12.0. The van der Waals surface area contributed by atoms with E-state index in [0.717, 1.165) is 18.9 Å². The zero-order valence-electron chi connectivity index (χ0n) is 17.3. The standard InChI is InChI=1S/C20H34N4O2S.HI/c1-4-27(25,26)24(3)16-10-15-22-19(21-2)23-17-20(13-8-9-14-20)18-11-6-5-7-12-18;/h5-7,11-12H,4,8-10,13-17H2,1-3H3,(H2,21,22,23);1H. The SMILES string of the molecule is CCS(=O)(=O)N(C)CCCNC(=NC)NCC1(c2ccccc2)CCCC1.I. The summed E-state index contributed by atoms with van der Waals surface area (Å²) in [5.74, 6) is 0.917. The molecule has 1 aliphatic rings. The molecule has 0 unspecified atom stereocenters. The highest BCUT2D eigenvalue weighted by atomic mass is 127. The maximum Gasteiger partial charge on any atom is 0.213 e. The lowest BCUT2D eigenvalue weighted by atomic mass is 9.79. The highest BCUT2D eigenvalue weighted by molar-refractivity contribution is 14.0. The molecule has 28 heavy (non-hydrogen) atoms. The Kier molecular flexibility index (Phi) is 10.8. The molecule has 2 rings (SSSR count). The molecule has 1 aromatic carbocycles. The van der Waals surface area contributed by atoms with E-state index in [9.17, 15) is 8.42 Å². The van der Waals surface area contributed by atoms with Gasteiger partial charge in [-0.2, -0.15) is 0 Å². The molecule has 1 saturated carbocycles. The van der Waals surface area contributed by atoms with Gasteiger partial charge in [0.1, 0.15) is 0 Å². The van der Waals surface area contributed by atoms with Gasteiger partial charge in [0.2, 0.25) is 10.0 Å². The van der Waals surface area contributed by atoms with Gasteiger partial charge in [-0.25, -0.2) is 12.7 Å². The van der Waals surface area contributed by atoms with Crippen molar-refractivity contribution in [2.24, 2.45) is 4.99 Å². The Hall–Kier alpha value is -0.870. The highest BCUT2D eigenvalue weighted by Gasteiger charge is 2.35. The van der Waals surface area contributed by atoms with E-state index in [1.54, 1.807) is 21.0 Å². The van der Waals surface area contributed by atoms with Gasteiger partial charge in [0.25, 0.3) is 0 Å². The zero-order valence-corrected chi connectivity index (χ0v) is 20.4. The van der Waals surface area contributed by atoms with Crippen LogP contribution in [0, 0.1) is 0 Å². The van der Waals surface area contributed by atoms with Crippen molar-refractivity contribution in [3.05, 3.63) is 35.9 Å². The van der Waals surface area contributed by atoms with Gasteiger partial charge < -0.3 is 10.6 Å². The molecule has 1 fully saturated rings. The van der Waals surface area contributed by atoms with Crippen LogP contribution in [0.15, 0.2) is 35.3 Å². The normalized spacial score (nSPS) is 16.6. The summed E-state index contributed by atoms with van der Waals surface area (Å²) in [4.78, 5) is 4.32. The Morgan fingerprint density at radius 3 is 2.39 bits per heavy atom. The van der Waals surface area contributed by atoms with Crippen LogP contribution in [0.3, 0.4) is 0 Å². The van der Waals surface area contributed by atoms with Crippen molar-refractivity contribution < 1.29 is 8.42 Å². The van der Waals surface area contributed by atoms with Crippen LogP contribution in [0.25, 0.3) is 0 Å². The molecule has 0 radical (unpaired) electrons. The van der Waals surface area contributed by atoms with Crippen LogP contribution in [0.1, 0.15) is 44.6 Å². The molecule has 160 valence electrons. The number of hydrogen-bond donors (Lipinski definition) is 2. The van der Waals surface area contributed by atoms with Crippen LogP contribution >= 0.6 is 24.0 Å². The Morgan fingerprint density at radius 1 is 1.18 bits per heavy atom. The van der Waals surface area contributed by atoms with E-state index >= 15 is 0 Å². The van der Waals surface area contributed by atoms with Crippen molar-refractivity contribution in [2.75, 3.05) is 39.5 Å². The molecule has 2 N–H and O–H groups in total. The lowest BCUT2D eigenvalue weighted by Gasteiger charge is -2.31. The summed E-state index contributed by atoms with van der Waals surface area (Å²) in [6.07, 6.45) is 5.66. The van der Waals surface area contributed by atoms with Gasteiger partial charge in [-0.3, -0.25) is 4.99 Å². The van der Waals surface area contributed by atoms with Crippen molar-refractivity contribution in [1.82, 2.24) is 14.9 Å². The molecular formula is C20H35IN4O2S. The Balaban J connectivity index is 0.00000392. The van der Waals surface area contributed by atoms with E-state index in [-0.39, 0.29) is 35.1 Å². The molecule has 1 aromatic rings. The predicted molar refractivity (Wildman–Crippen MR) is 128 cm³/mol. The van der Waals surface area contributed by atoms with Gasteiger partial charge in [-0.1, -0.05) is 43.2 Å². The summed E-state index contributed by atoms with van der Waals surface area (Å²) in [6, 6.07) is 10.8. The molecule has 0 amide bonds. The van der Waals surface area contributed by atoms with Gasteiger partial charge in [0.05, 0.1) is 5.75 Å². The Bertz CT molecular complexity index is 704. The fraction of sp³-hybridized carbons (Fsp3) is 0.650. The number of sulfonamides is 1. The van der Waals surface area contributed by atoms with Crippen LogP contribution in [0.5, 0.6) is 0 Å². The van der Waals surface area contributed by atoms with Crippen molar-refractivity contribution >= 4 is 40.0 Å². The van der Waals surface area contributed by atoms with E-state index in [1.807, 2.05) is 0 Å². The van der Waals surface area contributed by atoms with Crippen molar-refractivity contribution in [2.45, 2.75) is 44.4 Å². The van der Waals surface area contributed by atoms with Crippen LogP contribution in [-0.4, -0.2) is 58.2 Å². The van der Waals surface area contributed by atoms with Crippen molar-refractivity contribution in [1.29, 1.82) is 0 Å². The van der Waals surface area contributed by atoms with E-state index in [4.69, 9.17) is 0 Å². The molecule has 0 aliphatic heterocycles. The first-order valence-corrected chi connectivity index (χ1v) is 11.5. The average Bonchev–Trinajstić information content (AvgIpc) is 3.18. The van der Waals surface area contributed by atoms with E-state index in [1.165, 1.54) is 35.6 Å². The summed E-state index contributed by atoms with van der Waals surface area (Å²) in [6.45, 7) is 3.72. The molecule has 0 heterocycles. The topological polar surface area (TPSA) is 73.8 Å². The molecule has 0 aromatic heterocycles. The third-order valence-corrected chi connectivity index (χ3v) is 7.41. The first-order chi connectivity index (χ1) is 12.9. The third kappa shape index (κ3) is 6.88. The molecule has 6 nitrogen and oxygen atoms in total. The number of rotatable bonds is 9. The van der Waals surface area contributed by atoms with Crippen LogP contribution in [0.4, 0.5) is 0 Å². The second-order valence-electron chi connectivity index (χ2n) is 7.28. The van der Waals surface area contributed by atoms with Gasteiger partial charge in [0, 0.05) is 39.1 Å². The minimum Gasteiger partial charge on any atom is -0.356 e. The molecule has 0 atom stereocenters. The summed E-state index contributed by atoms with van der Waals surface area (Å²) in [5, 5.41) is 6.79. The first-order valence-electron chi connectivity index (χ1n) is 9.87. The number of guanidine groups is 1. The lowest BCUT2D eigenvalue weighted by molar-refractivity contribution is 0.430. The van der Waals surface area contributed by atoms with E-state index < -0.39 is 10.0 Å². The number of nitrogens with one attached hydrogen (secondary N) is 2. The monoisotopic (exact) mass is 522 g/mol. The van der Waals surface area contributed by atoms with E-state index in [2.05, 4.69) is 46.0 Å². The average molecular weight is 522 g/mol. The smallest absolute Gasteiger partial charge is 0.213 e. The van der Waals surface area contributed by atoms with Gasteiger partial charge in [-0.05, 0) is 31.7 Å². The number of hydrogen-bond acceptors (Lipinski definition) is 3. The predicted octanol–water partition coefficient (Wildman–Crippen LogP) is 2.95. The van der Waals surface area contributed by atoms with Crippen LogP contribution in [-0.2, 0) is 15.4 Å². The van der Waals surface area contributed by atoms with Crippen LogP contribution < -0.4 is 10.6 Å². The molecular weight excluding hydrogens is 487 g/mol. The highest BCUT2D eigenvalue weighted by Crippen LogP contribution is 2.40. The maximum atomic E-state index is 11.8. The zero-order chi connectivity index (χ0) is 19.8. The molecule has 1 aliphatic carbocycles. The first kappa shape index (κ1) is 25.2. The fourth-order valence-electron chi connectivity index (χ4n) is 3.75. The Morgan fingerprint density at radius 2 is 1.82 bits per heavy atom. The minimum absolute atomic E-state index is 0. The lowest BCUT2D eigenvalue weighted by Crippen LogP contribution is -2.45. The third-order valence-electron chi connectivity index (χ3n) is 5.55. The summed E-state index contributed by atoms with van der Waals surface area (Å²) in [7, 11) is 0.300. The minimum atomic E-state index is -3.10. The van der Waals surface area contributed by atoms with Crippen molar-refractivity contribution in [3.8, 4) is 0 Å². The summed E-state index contributed by atoms with van der Waals surface area (Å²) < 4.78 is 25.0. The quantitative estimate of drug-likeness (QED) is 0.227. The number of aliphatic imine (C=N–C) groups is 1. The molecule has 0 spiro atoms. The molecule has 0 saturated heterocycles. The van der Waals surface area contributed by atoms with Gasteiger partial charge >= 0.3 is 0 Å². The van der Waals surface area contributed by atoms with Crippen molar-refractivity contribution in [3.63, 3.8) is 0 Å². The number of benzene rings is 1. The largest absolute Gasteiger partial charge is 0.356 e.